The van der Waals surface area contributed by atoms with Crippen molar-refractivity contribution in [2.75, 3.05) is 17.7 Å². The molecule has 0 fully saturated rings. The molecule has 0 saturated heterocycles. The topological polar surface area (TPSA) is 71.1 Å². The minimum Gasteiger partial charge on any atom is -0.464 e. The van der Waals surface area contributed by atoms with E-state index >= 15 is 0 Å². The monoisotopic (exact) mass is 220 g/mol. The van der Waals surface area contributed by atoms with Crippen LogP contribution in [0, 0.1) is 13.8 Å². The molecule has 0 aliphatic carbocycles. The van der Waals surface area contributed by atoms with Gasteiger partial charge >= 0.3 is 0 Å². The van der Waals surface area contributed by atoms with E-state index in [1.165, 1.54) is 0 Å². The number of furan rings is 1. The number of nitrogen functional groups attached to an aromatic ring is 1. The lowest BCUT2D eigenvalue weighted by Crippen LogP contribution is -2.17. The van der Waals surface area contributed by atoms with Crippen molar-refractivity contribution in [2.24, 2.45) is 0 Å². The largest absolute Gasteiger partial charge is 0.464 e. The molecular formula is C11H16N4O. The fraction of sp³-hybridized carbons (Fsp3) is 0.364. The van der Waals surface area contributed by atoms with Gasteiger partial charge in [-0.05, 0) is 26.0 Å². The van der Waals surface area contributed by atoms with E-state index in [0.717, 1.165) is 23.2 Å². The third kappa shape index (κ3) is 2.03. The van der Waals surface area contributed by atoms with Crippen molar-refractivity contribution in [3.8, 4) is 0 Å². The second-order valence-corrected chi connectivity index (χ2v) is 3.93. The van der Waals surface area contributed by atoms with Crippen LogP contribution < -0.4 is 10.6 Å². The molecule has 0 amide bonds. The van der Waals surface area contributed by atoms with Gasteiger partial charge in [-0.25, -0.2) is 4.98 Å². The molecular weight excluding hydrogens is 204 g/mol. The second-order valence-electron chi connectivity index (χ2n) is 3.93. The first-order valence-electron chi connectivity index (χ1n) is 5.15. The molecule has 3 N–H and O–H groups in total. The molecule has 0 saturated carbocycles. The average molecular weight is 220 g/mol. The maximum atomic E-state index is 5.81. The molecule has 2 heterocycles. The van der Waals surface area contributed by atoms with Gasteiger partial charge in [0.2, 0.25) is 0 Å². The quantitative estimate of drug-likeness (QED) is 0.828. The van der Waals surface area contributed by atoms with Gasteiger partial charge in [-0.2, -0.15) is 0 Å². The van der Waals surface area contributed by atoms with Crippen LogP contribution >= 0.6 is 0 Å². The maximum Gasteiger partial charge on any atom is 0.171 e. The summed E-state index contributed by atoms with van der Waals surface area (Å²) < 4.78 is 5.50. The van der Waals surface area contributed by atoms with E-state index in [4.69, 9.17) is 10.2 Å². The Bertz CT molecular complexity index is 486. The standard InChI is InChI=1S/C11H16N4O/c1-7-4-5-9(16-7)6-15(3)11-10(12)13-8(2)14-11/h4-5H,6,12H2,1-3H3,(H,13,14). The SMILES string of the molecule is Cc1nc(N(C)Cc2ccc(C)o2)c(N)[nH]1. The molecule has 2 aromatic rings. The van der Waals surface area contributed by atoms with Gasteiger partial charge in [-0.1, -0.05) is 0 Å². The minimum absolute atomic E-state index is 0.586. The lowest BCUT2D eigenvalue weighted by molar-refractivity contribution is 0.481. The number of aromatic amines is 1. The Morgan fingerprint density at radius 1 is 1.44 bits per heavy atom. The number of nitrogens with one attached hydrogen (secondary N) is 1. The van der Waals surface area contributed by atoms with Crippen LogP contribution in [-0.4, -0.2) is 17.0 Å². The number of aromatic nitrogens is 2. The summed E-state index contributed by atoms with van der Waals surface area (Å²) in [6.45, 7) is 4.46. The van der Waals surface area contributed by atoms with Crippen LogP contribution in [0.2, 0.25) is 0 Å². The van der Waals surface area contributed by atoms with Crippen LogP contribution in [0.15, 0.2) is 16.5 Å². The molecule has 0 aliphatic heterocycles. The normalized spacial score (nSPS) is 10.7. The highest BCUT2D eigenvalue weighted by atomic mass is 16.3. The minimum atomic E-state index is 0.586. The molecule has 0 unspecified atom stereocenters. The smallest absolute Gasteiger partial charge is 0.171 e. The number of rotatable bonds is 3. The Labute approximate surface area is 94.3 Å². The first-order valence-corrected chi connectivity index (χ1v) is 5.15. The Morgan fingerprint density at radius 2 is 2.19 bits per heavy atom. The lowest BCUT2D eigenvalue weighted by Gasteiger charge is -2.15. The van der Waals surface area contributed by atoms with Crippen molar-refractivity contribution in [3.05, 3.63) is 29.5 Å². The molecule has 16 heavy (non-hydrogen) atoms. The van der Waals surface area contributed by atoms with E-state index in [1.807, 2.05) is 37.9 Å². The summed E-state index contributed by atoms with van der Waals surface area (Å²) in [5, 5.41) is 0. The predicted molar refractivity (Wildman–Crippen MR) is 63.3 cm³/mol. The molecule has 0 bridgehead atoms. The number of anilines is 2. The molecule has 0 spiro atoms. The molecule has 86 valence electrons. The van der Waals surface area contributed by atoms with Crippen molar-refractivity contribution in [2.45, 2.75) is 20.4 Å². The van der Waals surface area contributed by atoms with E-state index in [-0.39, 0.29) is 0 Å². The first-order chi connectivity index (χ1) is 7.56. The highest BCUT2D eigenvalue weighted by molar-refractivity contribution is 5.58. The number of nitrogens with two attached hydrogens (primary N) is 1. The predicted octanol–water partition coefficient (Wildman–Crippen LogP) is 1.84. The van der Waals surface area contributed by atoms with Gasteiger partial charge < -0.3 is 20.0 Å². The zero-order valence-electron chi connectivity index (χ0n) is 9.74. The Morgan fingerprint density at radius 3 is 2.69 bits per heavy atom. The summed E-state index contributed by atoms with van der Waals surface area (Å²) >= 11 is 0. The number of hydrogen-bond acceptors (Lipinski definition) is 4. The molecule has 0 atom stereocenters. The van der Waals surface area contributed by atoms with Gasteiger partial charge in [-0.15, -0.1) is 0 Å². The van der Waals surface area contributed by atoms with Gasteiger partial charge in [0, 0.05) is 7.05 Å². The number of H-pyrrole nitrogens is 1. The van der Waals surface area contributed by atoms with E-state index in [0.29, 0.717) is 12.4 Å². The molecule has 2 rings (SSSR count). The van der Waals surface area contributed by atoms with Crippen molar-refractivity contribution in [1.29, 1.82) is 0 Å². The van der Waals surface area contributed by atoms with Crippen LogP contribution in [-0.2, 0) is 6.54 Å². The number of imidazole rings is 1. The van der Waals surface area contributed by atoms with Gasteiger partial charge in [-0.3, -0.25) is 0 Å². The van der Waals surface area contributed by atoms with Crippen LogP contribution in [0.5, 0.6) is 0 Å². The third-order valence-electron chi connectivity index (χ3n) is 2.38. The summed E-state index contributed by atoms with van der Waals surface area (Å²) in [4.78, 5) is 9.25. The fourth-order valence-corrected chi connectivity index (χ4v) is 1.67. The number of nitrogens with zero attached hydrogens (tertiary/aromatic N) is 2. The average Bonchev–Trinajstić information content (AvgIpc) is 2.73. The fourth-order valence-electron chi connectivity index (χ4n) is 1.67. The summed E-state index contributed by atoms with van der Waals surface area (Å²) in [5.41, 5.74) is 5.81. The second kappa shape index (κ2) is 3.92. The Hall–Kier alpha value is -1.91. The van der Waals surface area contributed by atoms with Gasteiger partial charge in [0.25, 0.3) is 0 Å². The summed E-state index contributed by atoms with van der Waals surface area (Å²) in [6, 6.07) is 3.91. The van der Waals surface area contributed by atoms with Crippen LogP contribution in [0.1, 0.15) is 17.3 Å². The highest BCUT2D eigenvalue weighted by Gasteiger charge is 2.11. The van der Waals surface area contributed by atoms with Gasteiger partial charge in [0.1, 0.15) is 23.2 Å². The molecule has 0 aliphatic rings. The molecule has 2 aromatic heterocycles. The van der Waals surface area contributed by atoms with Crippen molar-refractivity contribution in [1.82, 2.24) is 9.97 Å². The van der Waals surface area contributed by atoms with Crippen molar-refractivity contribution < 1.29 is 4.42 Å². The molecule has 0 radical (unpaired) electrons. The van der Waals surface area contributed by atoms with Crippen molar-refractivity contribution >= 4 is 11.6 Å². The summed E-state index contributed by atoms with van der Waals surface area (Å²) in [5.74, 6) is 3.97. The van der Waals surface area contributed by atoms with Crippen LogP contribution in [0.25, 0.3) is 0 Å². The molecule has 0 aromatic carbocycles. The first kappa shape index (κ1) is 10.6. The third-order valence-corrected chi connectivity index (χ3v) is 2.38. The maximum absolute atomic E-state index is 5.81. The molecule has 5 nitrogen and oxygen atoms in total. The number of hydrogen-bond donors (Lipinski definition) is 2. The van der Waals surface area contributed by atoms with E-state index < -0.39 is 0 Å². The van der Waals surface area contributed by atoms with Crippen molar-refractivity contribution in [3.63, 3.8) is 0 Å². The van der Waals surface area contributed by atoms with E-state index in [2.05, 4.69) is 9.97 Å². The van der Waals surface area contributed by atoms with Gasteiger partial charge in [0.05, 0.1) is 6.54 Å². The van der Waals surface area contributed by atoms with Crippen LogP contribution in [0.4, 0.5) is 11.6 Å². The lowest BCUT2D eigenvalue weighted by atomic mass is 10.4. The van der Waals surface area contributed by atoms with Gasteiger partial charge in [0.15, 0.2) is 5.82 Å². The van der Waals surface area contributed by atoms with E-state index in [9.17, 15) is 0 Å². The number of aryl methyl sites for hydroxylation is 2. The Kier molecular flexibility index (Phi) is 2.60. The van der Waals surface area contributed by atoms with Crippen LogP contribution in [0.3, 0.4) is 0 Å². The highest BCUT2D eigenvalue weighted by Crippen LogP contribution is 2.20. The summed E-state index contributed by atoms with van der Waals surface area (Å²) in [6.07, 6.45) is 0. The Balaban J connectivity index is 2.14. The van der Waals surface area contributed by atoms with E-state index in [1.54, 1.807) is 0 Å². The zero-order valence-corrected chi connectivity index (χ0v) is 9.74. The summed E-state index contributed by atoms with van der Waals surface area (Å²) in [7, 11) is 1.93. The molecule has 5 heteroatoms. The zero-order chi connectivity index (χ0) is 11.7.